The Hall–Kier alpha value is -2.35. The Morgan fingerprint density at radius 1 is 1.19 bits per heavy atom. The molecule has 148 valence electrons. The molecule has 1 aromatic heterocycles. The summed E-state index contributed by atoms with van der Waals surface area (Å²) < 4.78 is 0. The molecule has 2 saturated heterocycles. The minimum absolute atomic E-state index is 0.0472. The van der Waals surface area contributed by atoms with Crippen molar-refractivity contribution in [1.29, 1.82) is 0 Å². The second kappa shape index (κ2) is 8.12. The van der Waals surface area contributed by atoms with E-state index in [0.29, 0.717) is 24.1 Å². The predicted octanol–water partition coefficient (Wildman–Crippen LogP) is 1.47. The van der Waals surface area contributed by atoms with Gasteiger partial charge in [0.15, 0.2) is 0 Å². The molecule has 0 spiro atoms. The van der Waals surface area contributed by atoms with Gasteiger partial charge in [-0.1, -0.05) is 0 Å². The van der Waals surface area contributed by atoms with Crippen molar-refractivity contribution in [1.82, 2.24) is 14.8 Å². The quantitative estimate of drug-likeness (QED) is 0.826. The summed E-state index contributed by atoms with van der Waals surface area (Å²) in [7, 11) is 0. The number of rotatable bonds is 4. The van der Waals surface area contributed by atoms with Gasteiger partial charge in [-0.2, -0.15) is 0 Å². The molecule has 2 fully saturated rings. The van der Waals surface area contributed by atoms with Crippen molar-refractivity contribution in [2.45, 2.75) is 38.8 Å². The summed E-state index contributed by atoms with van der Waals surface area (Å²) in [6.45, 7) is 8.18. The Balaban J connectivity index is 1.64. The first-order chi connectivity index (χ1) is 12.9. The summed E-state index contributed by atoms with van der Waals surface area (Å²) in [5.41, 5.74) is 5.67. The Morgan fingerprint density at radius 3 is 2.41 bits per heavy atom. The van der Waals surface area contributed by atoms with Gasteiger partial charge in [-0.3, -0.25) is 9.69 Å². The molecule has 27 heavy (non-hydrogen) atoms. The van der Waals surface area contributed by atoms with Crippen molar-refractivity contribution in [2.24, 2.45) is 11.7 Å². The van der Waals surface area contributed by atoms with E-state index in [1.807, 2.05) is 6.07 Å². The molecule has 0 aliphatic carbocycles. The first kappa shape index (κ1) is 19.4. The molecule has 3 N–H and O–H groups in total. The number of piperazine rings is 1. The first-order valence-electron chi connectivity index (χ1n) is 9.61. The number of nitrogens with zero attached hydrogens (tertiary/aromatic N) is 4. The largest absolute Gasteiger partial charge is 0.465 e. The standard InChI is InChI=1S/C19H29N5O3/c1-13(2)23-9-10-24(19(26)27)16(12-23)14-5-7-22(8-6-14)17-4-3-15(11-21-17)18(20)25/h3-4,11,13-14,16H,5-10,12H2,1-2H3,(H2,20,25)(H,26,27). The molecule has 0 aromatic carbocycles. The van der Waals surface area contributed by atoms with Crippen LogP contribution in [0.2, 0.25) is 0 Å². The summed E-state index contributed by atoms with van der Waals surface area (Å²) in [6, 6.07) is 4.00. The van der Waals surface area contributed by atoms with E-state index < -0.39 is 12.0 Å². The number of carboxylic acid groups (broad SMARTS) is 1. The summed E-state index contributed by atoms with van der Waals surface area (Å²) in [5.74, 6) is 0.707. The number of hydrogen-bond donors (Lipinski definition) is 2. The van der Waals surface area contributed by atoms with Crippen LogP contribution in [-0.2, 0) is 0 Å². The number of anilines is 1. The lowest BCUT2D eigenvalue weighted by molar-refractivity contribution is 0.0258. The normalized spacial score (nSPS) is 22.3. The van der Waals surface area contributed by atoms with Gasteiger partial charge in [0.1, 0.15) is 5.82 Å². The lowest BCUT2D eigenvalue weighted by Crippen LogP contribution is -2.60. The van der Waals surface area contributed by atoms with Gasteiger partial charge in [0, 0.05) is 45.0 Å². The third-order valence-corrected chi connectivity index (χ3v) is 5.87. The highest BCUT2D eigenvalue weighted by Crippen LogP contribution is 2.29. The first-order valence-corrected chi connectivity index (χ1v) is 9.61. The van der Waals surface area contributed by atoms with E-state index in [-0.39, 0.29) is 6.04 Å². The second-order valence-electron chi connectivity index (χ2n) is 7.73. The summed E-state index contributed by atoms with van der Waals surface area (Å²) >= 11 is 0. The molecular weight excluding hydrogens is 346 g/mol. The number of nitrogens with two attached hydrogens (primary N) is 1. The highest BCUT2D eigenvalue weighted by Gasteiger charge is 2.37. The van der Waals surface area contributed by atoms with E-state index in [9.17, 15) is 14.7 Å². The van der Waals surface area contributed by atoms with Crippen molar-refractivity contribution >= 4 is 17.8 Å². The maximum atomic E-state index is 11.7. The minimum Gasteiger partial charge on any atom is -0.465 e. The summed E-state index contributed by atoms with van der Waals surface area (Å²) in [4.78, 5) is 33.4. The van der Waals surface area contributed by atoms with Crippen molar-refractivity contribution in [3.63, 3.8) is 0 Å². The number of aromatic nitrogens is 1. The summed E-state index contributed by atoms with van der Waals surface area (Å²) in [6.07, 6.45) is 2.56. The SMILES string of the molecule is CC(C)N1CCN(C(=O)O)C(C2CCN(c3ccc(C(N)=O)cn3)CC2)C1. The van der Waals surface area contributed by atoms with Crippen LogP contribution in [0.3, 0.4) is 0 Å². The Labute approximate surface area is 159 Å². The van der Waals surface area contributed by atoms with Gasteiger partial charge in [-0.15, -0.1) is 0 Å². The Bertz CT molecular complexity index is 670. The molecule has 0 radical (unpaired) electrons. The minimum atomic E-state index is -0.811. The van der Waals surface area contributed by atoms with E-state index in [0.717, 1.165) is 44.8 Å². The number of piperidine rings is 1. The maximum absolute atomic E-state index is 11.7. The highest BCUT2D eigenvalue weighted by molar-refractivity contribution is 5.92. The van der Waals surface area contributed by atoms with E-state index in [4.69, 9.17) is 5.73 Å². The molecular formula is C19H29N5O3. The van der Waals surface area contributed by atoms with Crippen molar-refractivity contribution in [3.8, 4) is 0 Å². The fourth-order valence-electron chi connectivity index (χ4n) is 4.17. The number of carbonyl (C=O) groups is 2. The molecule has 8 heteroatoms. The fourth-order valence-corrected chi connectivity index (χ4v) is 4.17. The third-order valence-electron chi connectivity index (χ3n) is 5.87. The monoisotopic (exact) mass is 375 g/mol. The second-order valence-corrected chi connectivity index (χ2v) is 7.73. The van der Waals surface area contributed by atoms with Crippen molar-refractivity contribution in [3.05, 3.63) is 23.9 Å². The van der Waals surface area contributed by atoms with Crippen LogP contribution in [0.25, 0.3) is 0 Å². The zero-order chi connectivity index (χ0) is 19.6. The van der Waals surface area contributed by atoms with E-state index >= 15 is 0 Å². The average molecular weight is 375 g/mol. The molecule has 2 aliphatic heterocycles. The molecule has 3 heterocycles. The molecule has 0 saturated carbocycles. The van der Waals surface area contributed by atoms with Crippen molar-refractivity contribution in [2.75, 3.05) is 37.6 Å². The van der Waals surface area contributed by atoms with Crippen LogP contribution in [0, 0.1) is 5.92 Å². The van der Waals surface area contributed by atoms with Crippen molar-refractivity contribution < 1.29 is 14.7 Å². The van der Waals surface area contributed by atoms with Gasteiger partial charge >= 0.3 is 6.09 Å². The van der Waals surface area contributed by atoms with E-state index in [1.165, 1.54) is 6.20 Å². The molecule has 1 unspecified atom stereocenters. The smallest absolute Gasteiger partial charge is 0.407 e. The van der Waals surface area contributed by atoms with Crippen LogP contribution >= 0.6 is 0 Å². The summed E-state index contributed by atoms with van der Waals surface area (Å²) in [5, 5.41) is 9.61. The topological polar surface area (TPSA) is 103 Å². The molecule has 1 atom stereocenters. The number of primary amides is 1. The Kier molecular flexibility index (Phi) is 5.84. The van der Waals surface area contributed by atoms with Gasteiger partial charge in [-0.25, -0.2) is 9.78 Å². The molecule has 2 amide bonds. The van der Waals surface area contributed by atoms with Gasteiger partial charge in [0.05, 0.1) is 11.6 Å². The van der Waals surface area contributed by atoms with Crippen LogP contribution < -0.4 is 10.6 Å². The molecule has 8 nitrogen and oxygen atoms in total. The van der Waals surface area contributed by atoms with Crippen LogP contribution in [-0.4, -0.2) is 76.7 Å². The zero-order valence-corrected chi connectivity index (χ0v) is 16.0. The number of hydrogen-bond acceptors (Lipinski definition) is 5. The van der Waals surface area contributed by atoms with Crippen LogP contribution in [0.15, 0.2) is 18.3 Å². The zero-order valence-electron chi connectivity index (χ0n) is 16.0. The average Bonchev–Trinajstić information content (AvgIpc) is 2.67. The van der Waals surface area contributed by atoms with Gasteiger partial charge < -0.3 is 20.6 Å². The molecule has 0 bridgehead atoms. The molecule has 3 rings (SSSR count). The fraction of sp³-hybridized carbons (Fsp3) is 0.632. The third kappa shape index (κ3) is 4.32. The number of carbonyl (C=O) groups excluding carboxylic acids is 1. The Morgan fingerprint density at radius 2 is 1.89 bits per heavy atom. The highest BCUT2D eigenvalue weighted by atomic mass is 16.4. The van der Waals surface area contributed by atoms with Crippen LogP contribution in [0.5, 0.6) is 0 Å². The van der Waals surface area contributed by atoms with E-state index in [2.05, 4.69) is 28.6 Å². The van der Waals surface area contributed by atoms with Crippen LogP contribution in [0.1, 0.15) is 37.0 Å². The van der Waals surface area contributed by atoms with Gasteiger partial charge in [0.25, 0.3) is 0 Å². The predicted molar refractivity (Wildman–Crippen MR) is 103 cm³/mol. The molecule has 2 aliphatic rings. The van der Waals surface area contributed by atoms with E-state index in [1.54, 1.807) is 11.0 Å². The number of pyridine rings is 1. The van der Waals surface area contributed by atoms with Crippen LogP contribution in [0.4, 0.5) is 10.6 Å². The lowest BCUT2D eigenvalue weighted by atomic mass is 9.87. The number of amides is 2. The van der Waals surface area contributed by atoms with Gasteiger partial charge in [0.2, 0.25) is 5.91 Å². The molecule has 1 aromatic rings. The lowest BCUT2D eigenvalue weighted by Gasteiger charge is -2.47. The van der Waals surface area contributed by atoms with Gasteiger partial charge in [-0.05, 0) is 44.7 Å². The maximum Gasteiger partial charge on any atom is 0.407 e.